The molecule has 0 saturated carbocycles. The van der Waals surface area contributed by atoms with Crippen LogP contribution in [0.2, 0.25) is 0 Å². The molecule has 0 unspecified atom stereocenters. The van der Waals surface area contributed by atoms with Crippen LogP contribution in [0.5, 0.6) is 5.75 Å². The Morgan fingerprint density at radius 3 is 2.76 bits per heavy atom. The van der Waals surface area contributed by atoms with Crippen molar-refractivity contribution in [3.05, 3.63) is 46.8 Å². The molecule has 0 saturated heterocycles. The maximum Gasteiger partial charge on any atom is 0.325 e. The summed E-state index contributed by atoms with van der Waals surface area (Å²) in [6.45, 7) is 2.43. The van der Waals surface area contributed by atoms with Crippen molar-refractivity contribution in [1.29, 1.82) is 0 Å². The van der Waals surface area contributed by atoms with Gasteiger partial charge in [0.25, 0.3) is 0 Å². The molecule has 1 aromatic carbocycles. The molecule has 7 nitrogen and oxygen atoms in total. The zero-order valence-electron chi connectivity index (χ0n) is 14.4. The first-order valence-corrected chi connectivity index (χ1v) is 8.16. The number of amides is 1. The van der Waals surface area contributed by atoms with Crippen molar-refractivity contribution >= 4 is 11.9 Å². The van der Waals surface area contributed by atoms with Crippen LogP contribution in [0.3, 0.4) is 0 Å². The molecule has 1 amide bonds. The average molecular weight is 343 g/mol. The summed E-state index contributed by atoms with van der Waals surface area (Å²) in [6.07, 6.45) is 1.14. The van der Waals surface area contributed by atoms with Gasteiger partial charge < -0.3 is 14.7 Å². The normalized spacial score (nSPS) is 13.4. The van der Waals surface area contributed by atoms with Gasteiger partial charge in [-0.05, 0) is 6.07 Å². The second-order valence-corrected chi connectivity index (χ2v) is 6.10. The summed E-state index contributed by atoms with van der Waals surface area (Å²) >= 11 is 0. The molecule has 2 heterocycles. The third-order valence-corrected chi connectivity index (χ3v) is 4.50. The highest BCUT2D eigenvalue weighted by Crippen LogP contribution is 2.27. The van der Waals surface area contributed by atoms with Gasteiger partial charge in [0, 0.05) is 49.7 Å². The molecule has 2 aromatic rings. The number of para-hydroxylation sites is 1. The van der Waals surface area contributed by atoms with E-state index in [2.05, 4.69) is 5.10 Å². The predicted molar refractivity (Wildman–Crippen MR) is 90.5 cm³/mol. The number of aromatic nitrogens is 2. The number of rotatable bonds is 5. The molecular weight excluding hydrogens is 322 g/mol. The third-order valence-electron chi connectivity index (χ3n) is 4.50. The topological polar surface area (TPSA) is 84.7 Å². The summed E-state index contributed by atoms with van der Waals surface area (Å²) in [4.78, 5) is 24.7. The molecule has 0 spiro atoms. The van der Waals surface area contributed by atoms with Crippen LogP contribution in [0.1, 0.15) is 29.4 Å². The fraction of sp³-hybridized carbons (Fsp3) is 0.389. The lowest BCUT2D eigenvalue weighted by Crippen LogP contribution is -2.35. The van der Waals surface area contributed by atoms with E-state index in [1.54, 1.807) is 23.6 Å². The summed E-state index contributed by atoms with van der Waals surface area (Å²) in [5, 5.41) is 13.7. The van der Waals surface area contributed by atoms with Gasteiger partial charge in [0.15, 0.2) is 0 Å². The Morgan fingerprint density at radius 2 is 2.08 bits per heavy atom. The van der Waals surface area contributed by atoms with Crippen LogP contribution >= 0.6 is 0 Å². The minimum Gasteiger partial charge on any atom is -0.496 e. The molecule has 25 heavy (non-hydrogen) atoms. The molecule has 1 aliphatic heterocycles. The van der Waals surface area contributed by atoms with Gasteiger partial charge in [-0.2, -0.15) is 5.10 Å². The molecule has 0 bridgehead atoms. The largest absolute Gasteiger partial charge is 0.496 e. The van der Waals surface area contributed by atoms with Crippen molar-refractivity contribution in [3.63, 3.8) is 0 Å². The van der Waals surface area contributed by atoms with Crippen molar-refractivity contribution in [2.45, 2.75) is 32.9 Å². The Bertz CT molecular complexity index is 813. The predicted octanol–water partition coefficient (Wildman–Crippen LogP) is 1.47. The third kappa shape index (κ3) is 3.50. The molecule has 0 fully saturated rings. The average Bonchev–Trinajstić information content (AvgIpc) is 2.91. The Hall–Kier alpha value is -2.83. The summed E-state index contributed by atoms with van der Waals surface area (Å²) in [6, 6.07) is 7.68. The Balaban J connectivity index is 1.99. The van der Waals surface area contributed by atoms with Crippen LogP contribution in [0, 0.1) is 0 Å². The van der Waals surface area contributed by atoms with E-state index >= 15 is 0 Å². The maximum absolute atomic E-state index is 11.7. The van der Waals surface area contributed by atoms with Crippen LogP contribution in [0.15, 0.2) is 24.3 Å². The maximum atomic E-state index is 11.7. The van der Waals surface area contributed by atoms with E-state index in [1.807, 2.05) is 24.3 Å². The smallest absolute Gasteiger partial charge is 0.325 e. The highest BCUT2D eigenvalue weighted by atomic mass is 16.5. The number of carbonyl (C=O) groups excluding carboxylic acids is 1. The number of aliphatic carboxylic acids is 1. The van der Waals surface area contributed by atoms with Crippen LogP contribution in [0.4, 0.5) is 0 Å². The van der Waals surface area contributed by atoms with Crippen LogP contribution in [-0.2, 0) is 35.5 Å². The number of fused-ring (bicyclic) bond motifs is 1. The second-order valence-electron chi connectivity index (χ2n) is 6.10. The lowest BCUT2D eigenvalue weighted by atomic mass is 10.0. The van der Waals surface area contributed by atoms with E-state index in [1.165, 1.54) is 0 Å². The molecule has 7 heteroatoms. The van der Waals surface area contributed by atoms with Gasteiger partial charge in [0.05, 0.1) is 12.8 Å². The van der Waals surface area contributed by atoms with Crippen LogP contribution in [0.25, 0.3) is 0 Å². The first-order chi connectivity index (χ1) is 12.0. The number of hydrogen-bond donors (Lipinski definition) is 1. The lowest BCUT2D eigenvalue weighted by Gasteiger charge is -2.26. The van der Waals surface area contributed by atoms with E-state index in [-0.39, 0.29) is 12.5 Å². The Labute approximate surface area is 145 Å². The fourth-order valence-corrected chi connectivity index (χ4v) is 3.26. The number of nitrogens with zero attached hydrogens (tertiary/aromatic N) is 3. The number of carboxylic acids is 1. The van der Waals surface area contributed by atoms with E-state index in [4.69, 9.17) is 9.84 Å². The Kier molecular flexibility index (Phi) is 4.74. The van der Waals surface area contributed by atoms with Crippen LogP contribution < -0.4 is 4.74 Å². The van der Waals surface area contributed by atoms with Gasteiger partial charge in [-0.25, -0.2) is 0 Å². The van der Waals surface area contributed by atoms with Gasteiger partial charge >= 0.3 is 5.97 Å². The summed E-state index contributed by atoms with van der Waals surface area (Å²) in [5.74, 6) is -0.147. The first-order valence-electron chi connectivity index (χ1n) is 8.16. The van der Waals surface area contributed by atoms with Gasteiger partial charge in [-0.15, -0.1) is 0 Å². The van der Waals surface area contributed by atoms with Crippen molar-refractivity contribution in [3.8, 4) is 5.75 Å². The van der Waals surface area contributed by atoms with E-state index in [0.29, 0.717) is 25.9 Å². The standard InChI is InChI=1S/C18H21N3O4/c1-12(22)20-8-7-16-14(10-20)15(19-21(16)11-18(23)24)9-13-5-3-4-6-17(13)25-2/h3-6H,7-11H2,1-2H3,(H,23,24). The number of methoxy groups -OCH3 is 1. The quantitative estimate of drug-likeness (QED) is 0.889. The minimum absolute atomic E-state index is 0.0138. The molecule has 0 radical (unpaired) electrons. The van der Waals surface area contributed by atoms with Crippen molar-refractivity contribution in [2.75, 3.05) is 13.7 Å². The van der Waals surface area contributed by atoms with Crippen molar-refractivity contribution in [1.82, 2.24) is 14.7 Å². The van der Waals surface area contributed by atoms with E-state index in [0.717, 1.165) is 28.3 Å². The SMILES string of the molecule is COc1ccccc1Cc1nn(CC(=O)O)c2c1CN(C(C)=O)CC2. The Morgan fingerprint density at radius 1 is 1.32 bits per heavy atom. The van der Waals surface area contributed by atoms with Crippen molar-refractivity contribution < 1.29 is 19.4 Å². The number of carbonyl (C=O) groups is 2. The first kappa shape index (κ1) is 17.0. The van der Waals surface area contributed by atoms with E-state index < -0.39 is 5.97 Å². The molecular formula is C18H21N3O4. The molecule has 132 valence electrons. The van der Waals surface area contributed by atoms with Gasteiger partial charge in [0.2, 0.25) is 5.91 Å². The van der Waals surface area contributed by atoms with Gasteiger partial charge in [0.1, 0.15) is 12.3 Å². The fourth-order valence-electron chi connectivity index (χ4n) is 3.26. The lowest BCUT2D eigenvalue weighted by molar-refractivity contribution is -0.138. The van der Waals surface area contributed by atoms with Crippen LogP contribution in [-0.4, -0.2) is 45.3 Å². The zero-order valence-corrected chi connectivity index (χ0v) is 14.4. The molecule has 1 N–H and O–H groups in total. The number of benzene rings is 1. The highest BCUT2D eigenvalue weighted by molar-refractivity contribution is 5.73. The summed E-state index contributed by atoms with van der Waals surface area (Å²) in [5.41, 5.74) is 3.64. The monoisotopic (exact) mass is 343 g/mol. The molecule has 0 aliphatic carbocycles. The molecule has 1 aliphatic rings. The summed E-state index contributed by atoms with van der Waals surface area (Å²) in [7, 11) is 1.62. The second kappa shape index (κ2) is 6.96. The summed E-state index contributed by atoms with van der Waals surface area (Å²) < 4.78 is 6.95. The van der Waals surface area contributed by atoms with Gasteiger partial charge in [-0.3, -0.25) is 14.3 Å². The number of hydrogen-bond acceptors (Lipinski definition) is 4. The molecule has 3 rings (SSSR count). The minimum atomic E-state index is -0.928. The van der Waals surface area contributed by atoms with E-state index in [9.17, 15) is 9.59 Å². The molecule has 0 atom stereocenters. The number of ether oxygens (including phenoxy) is 1. The van der Waals surface area contributed by atoms with Gasteiger partial charge in [-0.1, -0.05) is 18.2 Å². The zero-order chi connectivity index (χ0) is 18.0. The highest BCUT2D eigenvalue weighted by Gasteiger charge is 2.27. The number of carboxylic acid groups (broad SMARTS) is 1. The molecule has 1 aromatic heterocycles. The van der Waals surface area contributed by atoms with Crippen molar-refractivity contribution in [2.24, 2.45) is 0 Å².